The molecule has 0 aliphatic rings. The summed E-state index contributed by atoms with van der Waals surface area (Å²) < 4.78 is 7.30. The maximum absolute atomic E-state index is 13.3. The molecule has 1 N–H and O–H groups in total. The number of hydrogen-bond acceptors (Lipinski definition) is 5. The summed E-state index contributed by atoms with van der Waals surface area (Å²) >= 11 is 1.37. The van der Waals surface area contributed by atoms with E-state index in [9.17, 15) is 4.79 Å². The second-order valence-corrected chi connectivity index (χ2v) is 8.60. The topological polar surface area (TPSA) is 73.0 Å². The third-order valence-electron chi connectivity index (χ3n) is 4.99. The number of carbonyl (C=O) groups is 1. The fraction of sp³-hybridized carbons (Fsp3) is 0.208. The number of aromatic nitrogens is 3. The van der Waals surface area contributed by atoms with E-state index in [2.05, 4.69) is 21.6 Å². The van der Waals surface area contributed by atoms with Gasteiger partial charge in [-0.05, 0) is 55.7 Å². The lowest BCUT2D eigenvalue weighted by molar-refractivity contribution is -0.115. The summed E-state index contributed by atoms with van der Waals surface area (Å²) in [6.45, 7) is 5.93. The van der Waals surface area contributed by atoms with Crippen LogP contribution in [0.3, 0.4) is 0 Å². The molecular weight excluding hydrogens is 408 g/mol. The van der Waals surface area contributed by atoms with E-state index in [1.54, 1.807) is 6.26 Å². The summed E-state index contributed by atoms with van der Waals surface area (Å²) in [5, 5.41) is 11.9. The number of thioether (sulfide) groups is 1. The SMILES string of the molecule is Cc1cc(C)cc(NC(=O)C(Sc2nnc(-c3ccoc3C)n2C)c2ccccc2)c1. The van der Waals surface area contributed by atoms with Gasteiger partial charge in [-0.25, -0.2) is 0 Å². The highest BCUT2D eigenvalue weighted by Crippen LogP contribution is 2.37. The number of anilines is 1. The van der Waals surface area contributed by atoms with Crippen molar-refractivity contribution >= 4 is 23.4 Å². The molecule has 2 heterocycles. The van der Waals surface area contributed by atoms with Gasteiger partial charge in [0.05, 0.1) is 11.8 Å². The van der Waals surface area contributed by atoms with Crippen molar-refractivity contribution in [3.05, 3.63) is 83.3 Å². The zero-order chi connectivity index (χ0) is 22.0. The fourth-order valence-electron chi connectivity index (χ4n) is 3.53. The molecule has 1 unspecified atom stereocenters. The van der Waals surface area contributed by atoms with Gasteiger partial charge in [0.25, 0.3) is 0 Å². The van der Waals surface area contributed by atoms with Crippen molar-refractivity contribution in [2.45, 2.75) is 31.2 Å². The predicted octanol–water partition coefficient (Wildman–Crippen LogP) is 5.47. The summed E-state index contributed by atoms with van der Waals surface area (Å²) in [6, 6.07) is 17.6. The molecule has 0 spiro atoms. The zero-order valence-electron chi connectivity index (χ0n) is 17.9. The molecule has 31 heavy (non-hydrogen) atoms. The highest BCUT2D eigenvalue weighted by Gasteiger charge is 2.26. The Morgan fingerprint density at radius 1 is 1.03 bits per heavy atom. The van der Waals surface area contributed by atoms with Crippen LogP contribution in [0.1, 0.15) is 27.7 Å². The van der Waals surface area contributed by atoms with Crippen molar-refractivity contribution in [1.82, 2.24) is 14.8 Å². The number of benzene rings is 2. The molecule has 0 radical (unpaired) electrons. The van der Waals surface area contributed by atoms with E-state index >= 15 is 0 Å². The van der Waals surface area contributed by atoms with Crippen LogP contribution in [0, 0.1) is 20.8 Å². The maximum Gasteiger partial charge on any atom is 0.242 e. The van der Waals surface area contributed by atoms with Gasteiger partial charge in [-0.2, -0.15) is 0 Å². The lowest BCUT2D eigenvalue weighted by Gasteiger charge is -2.17. The van der Waals surface area contributed by atoms with E-state index < -0.39 is 5.25 Å². The molecule has 0 aliphatic heterocycles. The van der Waals surface area contributed by atoms with Crippen LogP contribution in [-0.2, 0) is 11.8 Å². The Hall–Kier alpha value is -3.32. The number of furan rings is 1. The van der Waals surface area contributed by atoms with Crippen molar-refractivity contribution in [2.24, 2.45) is 7.05 Å². The summed E-state index contributed by atoms with van der Waals surface area (Å²) in [6.07, 6.45) is 1.64. The van der Waals surface area contributed by atoms with Gasteiger partial charge in [0.2, 0.25) is 5.91 Å². The molecule has 7 heteroatoms. The van der Waals surface area contributed by atoms with Crippen molar-refractivity contribution in [3.8, 4) is 11.4 Å². The van der Waals surface area contributed by atoms with E-state index in [1.165, 1.54) is 11.8 Å². The zero-order valence-corrected chi connectivity index (χ0v) is 18.7. The van der Waals surface area contributed by atoms with Crippen molar-refractivity contribution in [1.29, 1.82) is 0 Å². The molecular formula is C24H24N4O2S. The lowest BCUT2D eigenvalue weighted by Crippen LogP contribution is -2.19. The Labute approximate surface area is 185 Å². The van der Waals surface area contributed by atoms with Gasteiger partial charge >= 0.3 is 0 Å². The minimum Gasteiger partial charge on any atom is -0.469 e. The number of amides is 1. The van der Waals surface area contributed by atoms with Gasteiger partial charge < -0.3 is 14.3 Å². The molecule has 2 aromatic carbocycles. The monoisotopic (exact) mass is 432 g/mol. The molecule has 4 rings (SSSR count). The molecule has 6 nitrogen and oxygen atoms in total. The Balaban J connectivity index is 1.64. The first-order chi connectivity index (χ1) is 14.9. The van der Waals surface area contributed by atoms with E-state index in [-0.39, 0.29) is 5.91 Å². The van der Waals surface area contributed by atoms with Gasteiger partial charge in [-0.3, -0.25) is 4.79 Å². The third kappa shape index (κ3) is 4.56. The summed E-state index contributed by atoms with van der Waals surface area (Å²) in [4.78, 5) is 13.3. The quantitative estimate of drug-likeness (QED) is 0.409. The second kappa shape index (κ2) is 8.81. The summed E-state index contributed by atoms with van der Waals surface area (Å²) in [5.41, 5.74) is 4.79. The second-order valence-electron chi connectivity index (χ2n) is 7.53. The number of carbonyl (C=O) groups excluding carboxylic acids is 1. The molecule has 0 saturated heterocycles. The van der Waals surface area contributed by atoms with Crippen LogP contribution in [0.4, 0.5) is 5.69 Å². The standard InChI is InChI=1S/C24H24N4O2S/c1-15-12-16(2)14-19(13-15)25-23(29)21(18-8-6-5-7-9-18)31-24-27-26-22(28(24)4)20-10-11-30-17(20)3/h5-14,21H,1-4H3,(H,25,29). The number of aryl methyl sites for hydroxylation is 3. The average Bonchev–Trinajstić information content (AvgIpc) is 3.31. The number of nitrogens with one attached hydrogen (secondary N) is 1. The van der Waals surface area contributed by atoms with Crippen molar-refractivity contribution in [3.63, 3.8) is 0 Å². The molecule has 0 saturated carbocycles. The highest BCUT2D eigenvalue weighted by molar-refractivity contribution is 8.00. The van der Waals surface area contributed by atoms with E-state index in [0.29, 0.717) is 11.0 Å². The summed E-state index contributed by atoms with van der Waals surface area (Å²) in [7, 11) is 1.90. The molecule has 0 bridgehead atoms. The third-order valence-corrected chi connectivity index (χ3v) is 6.28. The normalized spacial score (nSPS) is 12.0. The highest BCUT2D eigenvalue weighted by atomic mass is 32.2. The van der Waals surface area contributed by atoms with E-state index in [4.69, 9.17) is 4.42 Å². The molecule has 1 amide bonds. The van der Waals surface area contributed by atoms with Gasteiger partial charge in [0, 0.05) is 12.7 Å². The first kappa shape index (κ1) is 20.9. The van der Waals surface area contributed by atoms with Gasteiger partial charge in [-0.1, -0.05) is 48.2 Å². The first-order valence-corrected chi connectivity index (χ1v) is 10.8. The maximum atomic E-state index is 13.3. The van der Waals surface area contributed by atoms with E-state index in [0.717, 1.165) is 33.7 Å². The van der Waals surface area contributed by atoms with Gasteiger partial charge in [-0.15, -0.1) is 10.2 Å². The molecule has 4 aromatic rings. The lowest BCUT2D eigenvalue weighted by atomic mass is 10.1. The number of rotatable bonds is 6. The predicted molar refractivity (Wildman–Crippen MR) is 123 cm³/mol. The fourth-order valence-corrected chi connectivity index (χ4v) is 4.53. The van der Waals surface area contributed by atoms with Gasteiger partial charge in [0.15, 0.2) is 11.0 Å². The largest absolute Gasteiger partial charge is 0.469 e. The van der Waals surface area contributed by atoms with Crippen LogP contribution in [0.2, 0.25) is 0 Å². The Morgan fingerprint density at radius 2 is 1.74 bits per heavy atom. The van der Waals surface area contributed by atoms with Crippen LogP contribution in [0.25, 0.3) is 11.4 Å². The number of nitrogens with zero attached hydrogens (tertiary/aromatic N) is 3. The van der Waals surface area contributed by atoms with E-state index in [1.807, 2.05) is 80.9 Å². The molecule has 2 aromatic heterocycles. The smallest absolute Gasteiger partial charge is 0.242 e. The van der Waals surface area contributed by atoms with Gasteiger partial charge in [0.1, 0.15) is 11.0 Å². The van der Waals surface area contributed by atoms with Crippen LogP contribution < -0.4 is 5.32 Å². The number of hydrogen-bond donors (Lipinski definition) is 1. The van der Waals surface area contributed by atoms with Crippen molar-refractivity contribution < 1.29 is 9.21 Å². The van der Waals surface area contributed by atoms with Crippen LogP contribution in [0.15, 0.2) is 70.4 Å². The first-order valence-electron chi connectivity index (χ1n) is 9.97. The molecule has 158 valence electrons. The Bertz CT molecular complexity index is 1190. The molecule has 0 fully saturated rings. The summed E-state index contributed by atoms with van der Waals surface area (Å²) in [5.74, 6) is 1.37. The van der Waals surface area contributed by atoms with Crippen molar-refractivity contribution in [2.75, 3.05) is 5.32 Å². The van der Waals surface area contributed by atoms with Crippen LogP contribution >= 0.6 is 11.8 Å². The average molecular weight is 433 g/mol. The van der Waals surface area contributed by atoms with Crippen LogP contribution in [0.5, 0.6) is 0 Å². The molecule has 1 atom stereocenters. The Morgan fingerprint density at radius 3 is 2.39 bits per heavy atom. The minimum absolute atomic E-state index is 0.106. The molecule has 0 aliphatic carbocycles. The minimum atomic E-state index is -0.483. The Kier molecular flexibility index (Phi) is 5.95. The van der Waals surface area contributed by atoms with Crippen LogP contribution in [-0.4, -0.2) is 20.7 Å².